The van der Waals surface area contributed by atoms with Crippen molar-refractivity contribution in [1.82, 2.24) is 10.2 Å². The molecule has 1 aromatic carbocycles. The van der Waals surface area contributed by atoms with Gasteiger partial charge in [0.1, 0.15) is 13.2 Å². The van der Waals surface area contributed by atoms with Gasteiger partial charge in [-0.15, -0.1) is 0 Å². The minimum atomic E-state index is -2.90. The monoisotopic (exact) mass is 369 g/mol. The molecule has 2 amide bonds. The molecule has 1 fully saturated rings. The third-order valence-electron chi connectivity index (χ3n) is 4.26. The molecular formula is C17H21F2N3O4. The Bertz CT molecular complexity index is 699. The van der Waals surface area contributed by atoms with Gasteiger partial charge in [-0.25, -0.2) is 8.78 Å². The Morgan fingerprint density at radius 3 is 2.69 bits per heavy atom. The van der Waals surface area contributed by atoms with Gasteiger partial charge in [-0.3, -0.25) is 14.9 Å². The lowest BCUT2D eigenvalue weighted by Gasteiger charge is -2.24. The summed E-state index contributed by atoms with van der Waals surface area (Å²) in [6.07, 6.45) is -0.549. The maximum Gasteiger partial charge on any atom is 0.262 e. The van der Waals surface area contributed by atoms with Gasteiger partial charge < -0.3 is 19.7 Å². The molecule has 0 spiro atoms. The van der Waals surface area contributed by atoms with Gasteiger partial charge in [0.05, 0.1) is 19.1 Å². The first-order chi connectivity index (χ1) is 12.4. The highest BCUT2D eigenvalue weighted by molar-refractivity contribution is 5.95. The number of alkyl halides is 2. The van der Waals surface area contributed by atoms with Gasteiger partial charge in [0.15, 0.2) is 11.5 Å². The number of amides is 2. The second-order valence-corrected chi connectivity index (χ2v) is 6.25. The number of nitrogens with one attached hydrogen (secondary N) is 2. The first-order valence-electron chi connectivity index (χ1n) is 8.47. The van der Waals surface area contributed by atoms with Crippen molar-refractivity contribution in [1.29, 1.82) is 0 Å². The van der Waals surface area contributed by atoms with E-state index in [2.05, 4.69) is 10.6 Å². The molecule has 2 aliphatic rings. The van der Waals surface area contributed by atoms with Crippen LogP contribution < -0.4 is 20.1 Å². The van der Waals surface area contributed by atoms with Gasteiger partial charge in [-0.05, 0) is 19.1 Å². The molecule has 2 heterocycles. The number of hydrogen-bond donors (Lipinski definition) is 2. The van der Waals surface area contributed by atoms with Gasteiger partial charge in [0.25, 0.3) is 5.92 Å². The number of hydrogen-bond acceptors (Lipinski definition) is 5. The Kier molecular flexibility index (Phi) is 5.26. The van der Waals surface area contributed by atoms with E-state index in [-0.39, 0.29) is 13.1 Å². The van der Waals surface area contributed by atoms with Crippen LogP contribution in [0.4, 0.5) is 14.5 Å². The highest BCUT2D eigenvalue weighted by Crippen LogP contribution is 2.32. The quantitative estimate of drug-likeness (QED) is 0.817. The van der Waals surface area contributed by atoms with Gasteiger partial charge in [-0.2, -0.15) is 0 Å². The molecule has 142 valence electrons. The molecule has 0 aliphatic carbocycles. The lowest BCUT2D eigenvalue weighted by Crippen LogP contribution is -2.46. The van der Waals surface area contributed by atoms with Crippen LogP contribution in [0.25, 0.3) is 0 Å². The van der Waals surface area contributed by atoms with Crippen LogP contribution in [-0.4, -0.2) is 61.5 Å². The van der Waals surface area contributed by atoms with Gasteiger partial charge in [-0.1, -0.05) is 0 Å². The lowest BCUT2D eigenvalue weighted by molar-refractivity contribution is -0.136. The molecule has 0 bridgehead atoms. The maximum absolute atomic E-state index is 13.3. The number of nitrogens with zero attached hydrogens (tertiary/aromatic N) is 1. The highest BCUT2D eigenvalue weighted by atomic mass is 19.3. The summed E-state index contributed by atoms with van der Waals surface area (Å²) in [5.74, 6) is -2.67. The molecule has 7 nitrogen and oxygen atoms in total. The van der Waals surface area contributed by atoms with E-state index in [0.717, 1.165) is 0 Å². The van der Waals surface area contributed by atoms with E-state index >= 15 is 0 Å². The second kappa shape index (κ2) is 7.45. The highest BCUT2D eigenvalue weighted by Gasteiger charge is 2.43. The van der Waals surface area contributed by atoms with Crippen molar-refractivity contribution < 1.29 is 27.8 Å². The number of fused-ring (bicyclic) bond motifs is 1. The number of carbonyl (C=O) groups excluding carboxylic acids is 2. The Morgan fingerprint density at radius 1 is 1.31 bits per heavy atom. The van der Waals surface area contributed by atoms with Crippen molar-refractivity contribution in [2.24, 2.45) is 0 Å². The predicted molar refractivity (Wildman–Crippen MR) is 89.7 cm³/mol. The minimum Gasteiger partial charge on any atom is -0.486 e. The van der Waals surface area contributed by atoms with Crippen LogP contribution in [0, 0.1) is 0 Å². The Balaban J connectivity index is 1.58. The van der Waals surface area contributed by atoms with Crippen molar-refractivity contribution in [2.75, 3.05) is 38.2 Å². The van der Waals surface area contributed by atoms with Crippen molar-refractivity contribution in [3.63, 3.8) is 0 Å². The summed E-state index contributed by atoms with van der Waals surface area (Å²) >= 11 is 0. The second-order valence-electron chi connectivity index (χ2n) is 6.25. The van der Waals surface area contributed by atoms with Crippen LogP contribution in [0.3, 0.4) is 0 Å². The standard InChI is InChI=1S/C17H21F2N3O4/c1-2-22(16(24)12-8-17(18,19)10-20-12)9-15(23)21-11-3-4-13-14(7-11)26-6-5-25-13/h3-4,7,12,20H,2,5-6,8-10H2,1H3,(H,21,23). The summed E-state index contributed by atoms with van der Waals surface area (Å²) in [6, 6.07) is 4.04. The number of carbonyl (C=O) groups is 2. The average Bonchev–Trinajstić information content (AvgIpc) is 2.99. The molecule has 1 unspecified atom stereocenters. The number of anilines is 1. The molecule has 26 heavy (non-hydrogen) atoms. The Hall–Kier alpha value is -2.42. The van der Waals surface area contributed by atoms with Gasteiger partial charge >= 0.3 is 0 Å². The molecule has 2 N–H and O–H groups in total. The number of ether oxygens (including phenoxy) is 2. The smallest absolute Gasteiger partial charge is 0.262 e. The Morgan fingerprint density at radius 2 is 2.04 bits per heavy atom. The van der Waals surface area contributed by atoms with E-state index < -0.39 is 36.7 Å². The summed E-state index contributed by atoms with van der Waals surface area (Å²) in [4.78, 5) is 25.9. The van der Waals surface area contributed by atoms with Gasteiger partial charge in [0, 0.05) is 24.7 Å². The molecule has 0 aromatic heterocycles. The first kappa shape index (κ1) is 18.4. The maximum atomic E-state index is 13.3. The fourth-order valence-corrected chi connectivity index (χ4v) is 2.95. The average molecular weight is 369 g/mol. The van der Waals surface area contributed by atoms with Crippen molar-refractivity contribution in [3.8, 4) is 11.5 Å². The zero-order chi connectivity index (χ0) is 18.7. The number of likely N-dealkylation sites (N-methyl/N-ethyl adjacent to an activating group) is 1. The number of halogens is 2. The number of benzene rings is 1. The summed E-state index contributed by atoms with van der Waals surface area (Å²) in [5.41, 5.74) is 0.508. The molecule has 1 atom stereocenters. The molecule has 0 saturated carbocycles. The van der Waals surface area contributed by atoms with Crippen molar-refractivity contribution in [3.05, 3.63) is 18.2 Å². The van der Waals surface area contributed by atoms with Crippen LogP contribution >= 0.6 is 0 Å². The van der Waals surface area contributed by atoms with E-state index in [0.29, 0.717) is 30.4 Å². The van der Waals surface area contributed by atoms with Crippen molar-refractivity contribution in [2.45, 2.75) is 25.3 Å². The topological polar surface area (TPSA) is 79.9 Å². The van der Waals surface area contributed by atoms with E-state index in [1.165, 1.54) is 4.90 Å². The summed E-state index contributed by atoms with van der Waals surface area (Å²) in [5, 5.41) is 5.20. The SMILES string of the molecule is CCN(CC(=O)Nc1ccc2c(c1)OCCO2)C(=O)C1CC(F)(F)CN1. The fraction of sp³-hybridized carbons (Fsp3) is 0.529. The first-order valence-corrected chi connectivity index (χ1v) is 8.47. The lowest BCUT2D eigenvalue weighted by atomic mass is 10.1. The largest absolute Gasteiger partial charge is 0.486 e. The van der Waals surface area contributed by atoms with Crippen LogP contribution in [0.2, 0.25) is 0 Å². The van der Waals surface area contributed by atoms with Crippen LogP contribution in [0.15, 0.2) is 18.2 Å². The van der Waals surface area contributed by atoms with E-state index in [4.69, 9.17) is 9.47 Å². The third kappa shape index (κ3) is 4.21. The molecular weight excluding hydrogens is 348 g/mol. The summed E-state index contributed by atoms with van der Waals surface area (Å²) in [7, 11) is 0. The van der Waals surface area contributed by atoms with Crippen LogP contribution in [0.5, 0.6) is 11.5 Å². The molecule has 3 rings (SSSR count). The normalized spacial score (nSPS) is 20.5. The molecule has 1 aromatic rings. The third-order valence-corrected chi connectivity index (χ3v) is 4.26. The zero-order valence-corrected chi connectivity index (χ0v) is 14.4. The van der Waals surface area contributed by atoms with Gasteiger partial charge in [0.2, 0.25) is 11.8 Å². The van der Waals surface area contributed by atoms with E-state index in [1.54, 1.807) is 25.1 Å². The molecule has 0 radical (unpaired) electrons. The van der Waals surface area contributed by atoms with Crippen molar-refractivity contribution >= 4 is 17.5 Å². The predicted octanol–water partition coefficient (Wildman–Crippen LogP) is 1.24. The van der Waals surface area contributed by atoms with E-state index in [9.17, 15) is 18.4 Å². The van der Waals surface area contributed by atoms with Crippen LogP contribution in [0.1, 0.15) is 13.3 Å². The fourth-order valence-electron chi connectivity index (χ4n) is 2.95. The zero-order valence-electron chi connectivity index (χ0n) is 14.4. The Labute approximate surface area is 149 Å². The molecule has 9 heteroatoms. The minimum absolute atomic E-state index is 0.215. The van der Waals surface area contributed by atoms with Crippen LogP contribution in [-0.2, 0) is 9.59 Å². The molecule has 2 aliphatic heterocycles. The summed E-state index contributed by atoms with van der Waals surface area (Å²) < 4.78 is 37.4. The number of rotatable bonds is 5. The molecule has 1 saturated heterocycles. The summed E-state index contributed by atoms with van der Waals surface area (Å²) in [6.45, 7) is 2.11. The van der Waals surface area contributed by atoms with E-state index in [1.807, 2.05) is 0 Å².